The number of esters is 1. The van der Waals surface area contributed by atoms with Gasteiger partial charge in [0.2, 0.25) is 5.91 Å². The van der Waals surface area contributed by atoms with E-state index < -0.39 is 18.2 Å². The van der Waals surface area contributed by atoms with Crippen molar-refractivity contribution in [3.63, 3.8) is 0 Å². The minimum atomic E-state index is -0.798. The molecule has 0 saturated heterocycles. The van der Waals surface area contributed by atoms with Gasteiger partial charge in [-0.05, 0) is 77.0 Å². The average molecular weight is 939 g/mol. The van der Waals surface area contributed by atoms with Crippen molar-refractivity contribution in [3.8, 4) is 0 Å². The van der Waals surface area contributed by atoms with E-state index in [0.717, 1.165) is 96.3 Å². The SMILES string of the molecule is CCCCC/C=C/C=C/C=C/C=C/CCCCCCCC(=O)OC(CCCCC/C=C/CCCCCCCCC)CC(=O)NC(CO)C(O)CCCCCCCCCCCCCCCCCC. The van der Waals surface area contributed by atoms with Crippen LogP contribution in [0.4, 0.5) is 0 Å². The molecule has 0 aromatic rings. The number of carbonyl (C=O) groups is 2. The van der Waals surface area contributed by atoms with Gasteiger partial charge in [-0.3, -0.25) is 9.59 Å². The highest BCUT2D eigenvalue weighted by Gasteiger charge is 2.24. The lowest BCUT2D eigenvalue weighted by atomic mass is 10.0. The van der Waals surface area contributed by atoms with Gasteiger partial charge >= 0.3 is 5.97 Å². The molecule has 0 fully saturated rings. The van der Waals surface area contributed by atoms with Crippen molar-refractivity contribution in [2.45, 2.75) is 309 Å². The molecule has 3 unspecified atom stereocenters. The fraction of sp³-hybridized carbons (Fsp3) is 0.803. The van der Waals surface area contributed by atoms with Crippen molar-refractivity contribution < 1.29 is 24.5 Å². The minimum absolute atomic E-state index is 0.0571. The van der Waals surface area contributed by atoms with Gasteiger partial charge in [-0.2, -0.15) is 0 Å². The first kappa shape index (κ1) is 64.6. The quantitative estimate of drug-likeness (QED) is 0.0244. The van der Waals surface area contributed by atoms with Crippen molar-refractivity contribution in [3.05, 3.63) is 60.8 Å². The van der Waals surface area contributed by atoms with Crippen LogP contribution in [0.2, 0.25) is 0 Å². The molecule has 0 aliphatic carbocycles. The molecule has 0 saturated carbocycles. The highest BCUT2D eigenvalue weighted by Crippen LogP contribution is 2.18. The number of nitrogens with one attached hydrogen (secondary N) is 1. The fourth-order valence-electron chi connectivity index (χ4n) is 8.73. The van der Waals surface area contributed by atoms with Crippen LogP contribution in [0.15, 0.2) is 60.8 Å². The number of allylic oxidation sites excluding steroid dienone is 10. The number of hydrogen-bond donors (Lipinski definition) is 3. The van der Waals surface area contributed by atoms with Crippen LogP contribution < -0.4 is 5.32 Å². The van der Waals surface area contributed by atoms with Gasteiger partial charge in [0.15, 0.2) is 0 Å². The Morgan fingerprint density at radius 3 is 1.24 bits per heavy atom. The second-order valence-corrected chi connectivity index (χ2v) is 19.8. The van der Waals surface area contributed by atoms with E-state index in [1.54, 1.807) is 0 Å². The number of carbonyl (C=O) groups excluding carboxylic acids is 2. The molecule has 3 N–H and O–H groups in total. The van der Waals surface area contributed by atoms with Gasteiger partial charge in [0.25, 0.3) is 0 Å². The van der Waals surface area contributed by atoms with Crippen LogP contribution >= 0.6 is 0 Å². The second kappa shape index (κ2) is 54.5. The normalized spacial score (nSPS) is 13.6. The number of aliphatic hydroxyl groups is 2. The zero-order valence-corrected chi connectivity index (χ0v) is 44.5. The Bertz CT molecular complexity index is 1190. The maximum atomic E-state index is 13.3. The van der Waals surface area contributed by atoms with Gasteiger partial charge in [-0.1, -0.05) is 261 Å². The molecule has 0 rings (SSSR count). The van der Waals surface area contributed by atoms with Gasteiger partial charge in [-0.25, -0.2) is 0 Å². The largest absolute Gasteiger partial charge is 0.462 e. The van der Waals surface area contributed by atoms with Gasteiger partial charge in [0.1, 0.15) is 6.10 Å². The van der Waals surface area contributed by atoms with Gasteiger partial charge in [0, 0.05) is 6.42 Å². The van der Waals surface area contributed by atoms with Crippen molar-refractivity contribution in [2.75, 3.05) is 6.61 Å². The molecule has 0 aliphatic heterocycles. The van der Waals surface area contributed by atoms with Crippen molar-refractivity contribution in [1.29, 1.82) is 0 Å². The lowest BCUT2D eigenvalue weighted by Gasteiger charge is -2.24. The zero-order valence-electron chi connectivity index (χ0n) is 44.5. The number of amides is 1. The molecular formula is C61H111NO5. The molecule has 0 aromatic carbocycles. The molecule has 1 amide bonds. The van der Waals surface area contributed by atoms with E-state index in [-0.39, 0.29) is 24.9 Å². The molecule has 0 aliphatic rings. The van der Waals surface area contributed by atoms with E-state index in [0.29, 0.717) is 19.3 Å². The first-order chi connectivity index (χ1) is 33.0. The number of rotatable bonds is 52. The third kappa shape index (κ3) is 49.8. The minimum Gasteiger partial charge on any atom is -0.462 e. The second-order valence-electron chi connectivity index (χ2n) is 19.8. The van der Waals surface area contributed by atoms with Gasteiger partial charge < -0.3 is 20.3 Å². The van der Waals surface area contributed by atoms with E-state index in [1.807, 2.05) is 0 Å². The van der Waals surface area contributed by atoms with E-state index in [1.165, 1.54) is 148 Å². The van der Waals surface area contributed by atoms with Crippen LogP contribution in [0.3, 0.4) is 0 Å². The Balaban J connectivity index is 4.60. The molecule has 0 bridgehead atoms. The highest BCUT2D eigenvalue weighted by molar-refractivity contribution is 5.77. The summed E-state index contributed by atoms with van der Waals surface area (Å²) in [4.78, 5) is 26.3. The Kier molecular flexibility index (Phi) is 52.5. The third-order valence-electron chi connectivity index (χ3n) is 13.2. The van der Waals surface area contributed by atoms with E-state index >= 15 is 0 Å². The first-order valence-corrected chi connectivity index (χ1v) is 29.1. The first-order valence-electron chi connectivity index (χ1n) is 29.1. The van der Waals surface area contributed by atoms with E-state index in [4.69, 9.17) is 4.74 Å². The zero-order chi connectivity index (χ0) is 48.8. The predicted octanol–water partition coefficient (Wildman–Crippen LogP) is 18.0. The van der Waals surface area contributed by atoms with Crippen LogP contribution in [0.5, 0.6) is 0 Å². The summed E-state index contributed by atoms with van der Waals surface area (Å²) in [6.07, 6.45) is 68.5. The van der Waals surface area contributed by atoms with Crippen LogP contribution in [-0.2, 0) is 14.3 Å². The summed E-state index contributed by atoms with van der Waals surface area (Å²) in [6.45, 7) is 6.46. The maximum Gasteiger partial charge on any atom is 0.306 e. The molecule has 3 atom stereocenters. The molecule has 67 heavy (non-hydrogen) atoms. The number of hydrogen-bond acceptors (Lipinski definition) is 5. The number of unbranched alkanes of at least 4 members (excludes halogenated alkanes) is 33. The summed E-state index contributed by atoms with van der Waals surface area (Å²) >= 11 is 0. The lowest BCUT2D eigenvalue weighted by molar-refractivity contribution is -0.151. The molecule has 390 valence electrons. The smallest absolute Gasteiger partial charge is 0.306 e. The van der Waals surface area contributed by atoms with E-state index in [2.05, 4.69) is 86.8 Å². The van der Waals surface area contributed by atoms with Gasteiger partial charge in [-0.15, -0.1) is 0 Å². The maximum absolute atomic E-state index is 13.3. The molecular weight excluding hydrogens is 827 g/mol. The van der Waals surface area contributed by atoms with Gasteiger partial charge in [0.05, 0.1) is 25.2 Å². The summed E-state index contributed by atoms with van der Waals surface area (Å²) in [6, 6.07) is -0.713. The topological polar surface area (TPSA) is 95.9 Å². The summed E-state index contributed by atoms with van der Waals surface area (Å²) in [5, 5.41) is 23.9. The molecule has 0 aromatic heterocycles. The molecule has 0 heterocycles. The highest BCUT2D eigenvalue weighted by atomic mass is 16.5. The summed E-state index contributed by atoms with van der Waals surface area (Å²) in [7, 11) is 0. The van der Waals surface area contributed by atoms with Crippen LogP contribution in [-0.4, -0.2) is 46.9 Å². The Hall–Kier alpha value is -2.44. The monoisotopic (exact) mass is 938 g/mol. The summed E-state index contributed by atoms with van der Waals surface area (Å²) in [5.74, 6) is -0.508. The Morgan fingerprint density at radius 2 is 0.776 bits per heavy atom. The molecule has 6 heteroatoms. The Labute approximate surface area is 416 Å². The Morgan fingerprint density at radius 1 is 0.433 bits per heavy atom. The van der Waals surface area contributed by atoms with Crippen molar-refractivity contribution >= 4 is 11.9 Å². The van der Waals surface area contributed by atoms with Crippen LogP contribution in [0.25, 0.3) is 0 Å². The molecule has 6 nitrogen and oxygen atoms in total. The predicted molar refractivity (Wildman–Crippen MR) is 292 cm³/mol. The molecule has 0 radical (unpaired) electrons. The third-order valence-corrected chi connectivity index (χ3v) is 13.2. The summed E-state index contributed by atoms with van der Waals surface area (Å²) in [5.41, 5.74) is 0. The van der Waals surface area contributed by atoms with Crippen LogP contribution in [0.1, 0.15) is 290 Å². The van der Waals surface area contributed by atoms with E-state index in [9.17, 15) is 19.8 Å². The lowest BCUT2D eigenvalue weighted by Crippen LogP contribution is -2.46. The summed E-state index contributed by atoms with van der Waals surface area (Å²) < 4.78 is 5.94. The van der Waals surface area contributed by atoms with Crippen molar-refractivity contribution in [2.24, 2.45) is 0 Å². The standard InChI is InChI=1S/C61H111NO5/c1-4-7-10-13-16-19-22-25-28-30-31-33-36-39-42-45-48-51-54-61(66)67-57(52-49-46-43-40-37-34-27-24-21-18-15-12-9-6-3)55-60(65)62-58(56-63)59(64)53-50-47-44-41-38-35-32-29-26-23-20-17-14-11-8-5-2/h16,19,22,25,28,30-31,33-34,37,57-59,63-64H,4-15,17-18,20-21,23-24,26-27,29,32,35-36,38-56H2,1-3H3,(H,62,65)/b19-16+,25-22+,30-28+,33-31+,37-34+. The van der Waals surface area contributed by atoms with Crippen molar-refractivity contribution in [1.82, 2.24) is 5.32 Å². The van der Waals surface area contributed by atoms with Crippen LogP contribution in [0, 0.1) is 0 Å². The number of aliphatic hydroxyl groups excluding tert-OH is 2. The molecule has 0 spiro atoms. The number of ether oxygens (including phenoxy) is 1. The average Bonchev–Trinajstić information content (AvgIpc) is 3.32. The fourth-order valence-corrected chi connectivity index (χ4v) is 8.73.